The fraction of sp³-hybridized carbons (Fsp3) is 0.632. The lowest BCUT2D eigenvalue weighted by Crippen LogP contribution is -2.47. The van der Waals surface area contributed by atoms with Crippen LogP contribution in [0.5, 0.6) is 0 Å². The highest BCUT2D eigenvalue weighted by atomic mass is 35.5. The van der Waals surface area contributed by atoms with Crippen molar-refractivity contribution in [1.82, 2.24) is 10.6 Å². The first-order valence-electron chi connectivity index (χ1n) is 8.89. The van der Waals surface area contributed by atoms with Crippen molar-refractivity contribution in [3.63, 3.8) is 0 Å². The van der Waals surface area contributed by atoms with Crippen molar-refractivity contribution in [2.75, 3.05) is 51.8 Å². The van der Waals surface area contributed by atoms with Crippen molar-refractivity contribution >= 4 is 36.4 Å². The third-order valence-electron chi connectivity index (χ3n) is 4.87. The number of nitrogens with zero attached hydrogens (tertiary/aromatic N) is 1. The van der Waals surface area contributed by atoms with Crippen LogP contribution in [-0.2, 0) is 4.74 Å². The molecule has 1 fully saturated rings. The van der Waals surface area contributed by atoms with Gasteiger partial charge in [0.05, 0.1) is 6.61 Å². The first-order valence-corrected chi connectivity index (χ1v) is 8.89. The largest absolute Gasteiger partial charge is 0.384 e. The number of anilines is 1. The summed E-state index contributed by atoms with van der Waals surface area (Å²) in [6, 6.07) is 7.84. The molecule has 0 radical (unpaired) electrons. The van der Waals surface area contributed by atoms with Gasteiger partial charge in [-0.15, -0.1) is 24.8 Å². The number of benzene rings is 1. The van der Waals surface area contributed by atoms with E-state index in [2.05, 4.69) is 29.5 Å². The quantitative estimate of drug-likeness (QED) is 0.697. The lowest BCUT2D eigenvalue weighted by molar-refractivity contribution is 0.0512. The Morgan fingerprint density at radius 2 is 1.85 bits per heavy atom. The maximum absolute atomic E-state index is 12.5. The van der Waals surface area contributed by atoms with E-state index in [1.54, 1.807) is 7.11 Å². The summed E-state index contributed by atoms with van der Waals surface area (Å²) < 4.78 is 5.40. The second kappa shape index (κ2) is 12.4. The standard InChI is InChI=1S/C19H31N3O2.2ClH/c1-4-13-22(2)17-7-5-16(6-8-17)18(23)21-14-19(15-24-3)9-11-20-12-10-19;;/h5-8,20H,4,9-15H2,1-3H3,(H,21,23);2*1H. The van der Waals surface area contributed by atoms with Gasteiger partial charge in [-0.3, -0.25) is 4.79 Å². The number of carbonyl (C=O) groups excluding carboxylic acids is 1. The molecule has 5 nitrogen and oxygen atoms in total. The average molecular weight is 406 g/mol. The van der Waals surface area contributed by atoms with Crippen molar-refractivity contribution in [1.29, 1.82) is 0 Å². The molecule has 7 heteroatoms. The molecule has 150 valence electrons. The van der Waals surface area contributed by atoms with Gasteiger partial charge < -0.3 is 20.3 Å². The van der Waals surface area contributed by atoms with Crippen LogP contribution in [0.4, 0.5) is 5.69 Å². The van der Waals surface area contributed by atoms with Crippen molar-refractivity contribution in [3.05, 3.63) is 29.8 Å². The third kappa shape index (κ3) is 6.95. The van der Waals surface area contributed by atoms with Crippen molar-refractivity contribution in [3.8, 4) is 0 Å². The maximum Gasteiger partial charge on any atom is 0.251 e. The van der Waals surface area contributed by atoms with Crippen molar-refractivity contribution in [2.45, 2.75) is 26.2 Å². The summed E-state index contributed by atoms with van der Waals surface area (Å²) in [7, 11) is 3.81. The van der Waals surface area contributed by atoms with Gasteiger partial charge in [-0.05, 0) is 56.6 Å². The predicted octanol–water partition coefficient (Wildman–Crippen LogP) is 3.12. The minimum atomic E-state index is -0.00583. The lowest BCUT2D eigenvalue weighted by Gasteiger charge is -2.37. The molecule has 0 saturated carbocycles. The zero-order chi connectivity index (χ0) is 17.4. The Morgan fingerprint density at radius 3 is 2.38 bits per heavy atom. The van der Waals surface area contributed by atoms with Crippen LogP contribution in [0.15, 0.2) is 24.3 Å². The number of halogens is 2. The maximum atomic E-state index is 12.5. The highest BCUT2D eigenvalue weighted by Crippen LogP contribution is 2.28. The fourth-order valence-corrected chi connectivity index (χ4v) is 3.34. The molecule has 1 aromatic carbocycles. The summed E-state index contributed by atoms with van der Waals surface area (Å²) in [5.74, 6) is -0.00583. The molecule has 0 spiro atoms. The second-order valence-electron chi connectivity index (χ2n) is 6.83. The van der Waals surface area contributed by atoms with Crippen LogP contribution in [0.1, 0.15) is 36.5 Å². The van der Waals surface area contributed by atoms with E-state index in [4.69, 9.17) is 4.74 Å². The van der Waals surface area contributed by atoms with E-state index in [1.165, 1.54) is 0 Å². The number of nitrogens with one attached hydrogen (secondary N) is 2. The van der Waals surface area contributed by atoms with Crippen LogP contribution < -0.4 is 15.5 Å². The molecular weight excluding hydrogens is 373 g/mol. The van der Waals surface area contributed by atoms with Crippen LogP contribution in [0.25, 0.3) is 0 Å². The highest BCUT2D eigenvalue weighted by Gasteiger charge is 2.32. The lowest BCUT2D eigenvalue weighted by atomic mass is 9.79. The number of hydrogen-bond acceptors (Lipinski definition) is 4. The molecule has 1 aromatic rings. The Morgan fingerprint density at radius 1 is 1.23 bits per heavy atom. The molecule has 0 aromatic heterocycles. The van der Waals surface area contributed by atoms with E-state index in [0.717, 1.165) is 44.6 Å². The zero-order valence-electron chi connectivity index (χ0n) is 16.0. The van der Waals surface area contributed by atoms with E-state index in [-0.39, 0.29) is 36.1 Å². The fourth-order valence-electron chi connectivity index (χ4n) is 3.34. The highest BCUT2D eigenvalue weighted by molar-refractivity contribution is 5.94. The minimum Gasteiger partial charge on any atom is -0.384 e. The van der Waals surface area contributed by atoms with Crippen LogP contribution in [0.2, 0.25) is 0 Å². The van der Waals surface area contributed by atoms with Crippen LogP contribution in [0.3, 0.4) is 0 Å². The Bertz CT molecular complexity index is 515. The minimum absolute atomic E-state index is 0. The van der Waals surface area contributed by atoms with Crippen LogP contribution in [0, 0.1) is 5.41 Å². The summed E-state index contributed by atoms with van der Waals surface area (Å²) in [5, 5.41) is 6.48. The Hall–Kier alpha value is -1.01. The van der Waals surface area contributed by atoms with Crippen LogP contribution >= 0.6 is 24.8 Å². The molecule has 1 amide bonds. The zero-order valence-corrected chi connectivity index (χ0v) is 17.7. The molecule has 1 aliphatic rings. The average Bonchev–Trinajstić information content (AvgIpc) is 2.61. The molecule has 2 rings (SSSR count). The van der Waals surface area contributed by atoms with Gasteiger partial charge in [0.1, 0.15) is 0 Å². The number of carbonyl (C=O) groups is 1. The van der Waals surface area contributed by atoms with E-state index < -0.39 is 0 Å². The normalized spacial score (nSPS) is 15.3. The second-order valence-corrected chi connectivity index (χ2v) is 6.83. The third-order valence-corrected chi connectivity index (χ3v) is 4.87. The SMILES string of the molecule is CCCN(C)c1ccc(C(=O)NCC2(COC)CCNCC2)cc1.Cl.Cl. The smallest absolute Gasteiger partial charge is 0.251 e. The molecule has 0 atom stereocenters. The topological polar surface area (TPSA) is 53.6 Å². The van der Waals surface area contributed by atoms with E-state index >= 15 is 0 Å². The van der Waals surface area contributed by atoms with E-state index in [0.29, 0.717) is 18.7 Å². The molecule has 2 N–H and O–H groups in total. The van der Waals surface area contributed by atoms with Gasteiger partial charge in [0.15, 0.2) is 0 Å². The number of amides is 1. The molecular formula is C19H33Cl2N3O2. The summed E-state index contributed by atoms with van der Waals surface area (Å²) >= 11 is 0. The van der Waals surface area contributed by atoms with Crippen LogP contribution in [-0.4, -0.2) is 52.9 Å². The first-order chi connectivity index (χ1) is 11.6. The molecule has 26 heavy (non-hydrogen) atoms. The summed E-state index contributed by atoms with van der Waals surface area (Å²) in [5.41, 5.74) is 1.91. The predicted molar refractivity (Wildman–Crippen MR) is 113 cm³/mol. The number of piperidine rings is 1. The molecule has 0 bridgehead atoms. The molecule has 1 heterocycles. The van der Waals surface area contributed by atoms with Gasteiger partial charge in [-0.1, -0.05) is 6.92 Å². The van der Waals surface area contributed by atoms with Gasteiger partial charge in [0.2, 0.25) is 0 Å². The Kier molecular flexibility index (Phi) is 11.9. The molecule has 1 saturated heterocycles. The first kappa shape index (κ1) is 25.0. The van der Waals surface area contributed by atoms with Gasteiger partial charge >= 0.3 is 0 Å². The molecule has 0 aliphatic carbocycles. The summed E-state index contributed by atoms with van der Waals surface area (Å²) in [6.45, 7) is 6.50. The van der Waals surface area contributed by atoms with E-state index in [1.807, 2.05) is 24.3 Å². The van der Waals surface area contributed by atoms with Crippen molar-refractivity contribution < 1.29 is 9.53 Å². The van der Waals surface area contributed by atoms with Gasteiger partial charge in [0, 0.05) is 43.9 Å². The Balaban J connectivity index is 0.00000312. The number of ether oxygens (including phenoxy) is 1. The molecule has 0 unspecified atom stereocenters. The number of hydrogen-bond donors (Lipinski definition) is 2. The summed E-state index contributed by atoms with van der Waals surface area (Å²) in [6.07, 6.45) is 3.17. The monoisotopic (exact) mass is 405 g/mol. The number of methoxy groups -OCH3 is 1. The number of rotatable bonds is 8. The van der Waals surface area contributed by atoms with Gasteiger partial charge in [-0.2, -0.15) is 0 Å². The van der Waals surface area contributed by atoms with Gasteiger partial charge in [-0.25, -0.2) is 0 Å². The van der Waals surface area contributed by atoms with Crippen molar-refractivity contribution in [2.24, 2.45) is 5.41 Å². The molecule has 1 aliphatic heterocycles. The summed E-state index contributed by atoms with van der Waals surface area (Å²) in [4.78, 5) is 14.7. The van der Waals surface area contributed by atoms with E-state index in [9.17, 15) is 4.79 Å². The van der Waals surface area contributed by atoms with Gasteiger partial charge in [0.25, 0.3) is 5.91 Å². The Labute approximate surface area is 170 Å².